The van der Waals surface area contributed by atoms with Gasteiger partial charge in [-0.05, 0) is 93.0 Å². The minimum atomic E-state index is -0.416. The van der Waals surface area contributed by atoms with Crippen molar-refractivity contribution in [1.82, 2.24) is 5.43 Å². The summed E-state index contributed by atoms with van der Waals surface area (Å²) in [7, 11) is 0. The molecule has 1 aromatic heterocycles. The first kappa shape index (κ1) is 23.0. The van der Waals surface area contributed by atoms with Crippen molar-refractivity contribution in [3.63, 3.8) is 0 Å². The van der Waals surface area contributed by atoms with Crippen LogP contribution in [0.5, 0.6) is 5.75 Å². The van der Waals surface area contributed by atoms with Gasteiger partial charge in [-0.15, -0.1) is 0 Å². The summed E-state index contributed by atoms with van der Waals surface area (Å²) in [5.74, 6) is 0.548. The molecule has 0 spiro atoms. The van der Waals surface area contributed by atoms with Crippen LogP contribution in [0.4, 0.5) is 0 Å². The van der Waals surface area contributed by atoms with Crippen molar-refractivity contribution in [2.45, 2.75) is 13.5 Å². The molecule has 0 saturated heterocycles. The van der Waals surface area contributed by atoms with E-state index in [2.05, 4.69) is 96.2 Å². The zero-order valence-electron chi connectivity index (χ0n) is 16.9. The third-order valence-electron chi connectivity index (χ3n) is 4.61. The monoisotopic (exact) mass is 666 g/mol. The second kappa shape index (κ2) is 10.2. The zero-order chi connectivity index (χ0) is 22.7. The smallest absolute Gasteiger partial charge is 0.307 e. The first-order valence-corrected chi connectivity index (χ1v) is 12.3. The lowest BCUT2D eigenvalue weighted by Crippen LogP contribution is -2.16. The molecular formula is C24H17Br2IN2O3. The SMILES string of the molecule is Cc1ccc(COc2c(Br)cc(/C=N/NC(=O)c3cc4cc(Br)ccc4o3)cc2I)cc1. The Kier molecular flexibility index (Phi) is 7.32. The summed E-state index contributed by atoms with van der Waals surface area (Å²) >= 11 is 9.20. The summed E-state index contributed by atoms with van der Waals surface area (Å²) in [4.78, 5) is 12.4. The molecule has 0 radical (unpaired) electrons. The van der Waals surface area contributed by atoms with Crippen molar-refractivity contribution >= 4 is 77.5 Å². The number of benzene rings is 3. The van der Waals surface area contributed by atoms with Gasteiger partial charge in [0.25, 0.3) is 0 Å². The van der Waals surface area contributed by atoms with E-state index in [1.54, 1.807) is 18.3 Å². The number of hydrogen-bond acceptors (Lipinski definition) is 4. The molecule has 1 N–H and O–H groups in total. The number of nitrogens with one attached hydrogen (secondary N) is 1. The van der Waals surface area contributed by atoms with Crippen molar-refractivity contribution in [1.29, 1.82) is 0 Å². The molecule has 32 heavy (non-hydrogen) atoms. The lowest BCUT2D eigenvalue weighted by atomic mass is 10.2. The quantitative estimate of drug-likeness (QED) is 0.134. The van der Waals surface area contributed by atoms with Gasteiger partial charge in [0.2, 0.25) is 0 Å². The summed E-state index contributed by atoms with van der Waals surface area (Å²) in [5.41, 5.74) is 6.28. The largest absolute Gasteiger partial charge is 0.487 e. The molecule has 1 amide bonds. The van der Waals surface area contributed by atoms with Crippen LogP contribution < -0.4 is 10.2 Å². The maximum Gasteiger partial charge on any atom is 0.307 e. The number of hydrogen-bond donors (Lipinski definition) is 1. The highest BCUT2D eigenvalue weighted by Crippen LogP contribution is 2.32. The Hall–Kier alpha value is -2.17. The summed E-state index contributed by atoms with van der Waals surface area (Å²) in [6, 6.07) is 19.3. The van der Waals surface area contributed by atoms with Crippen molar-refractivity contribution in [3.8, 4) is 5.75 Å². The molecule has 0 fully saturated rings. The Bertz CT molecular complexity index is 1290. The van der Waals surface area contributed by atoms with Crippen molar-refractivity contribution in [2.24, 2.45) is 5.10 Å². The minimum absolute atomic E-state index is 0.200. The molecule has 3 aromatic carbocycles. The average molecular weight is 668 g/mol. The number of carbonyl (C=O) groups excluding carboxylic acids is 1. The van der Waals surface area contributed by atoms with Gasteiger partial charge >= 0.3 is 5.91 Å². The average Bonchev–Trinajstić information content (AvgIpc) is 3.18. The van der Waals surface area contributed by atoms with E-state index in [4.69, 9.17) is 9.15 Å². The first-order chi connectivity index (χ1) is 15.4. The molecule has 0 aliphatic heterocycles. The predicted molar refractivity (Wildman–Crippen MR) is 141 cm³/mol. The molecule has 4 aromatic rings. The summed E-state index contributed by atoms with van der Waals surface area (Å²) in [6.07, 6.45) is 1.58. The molecule has 5 nitrogen and oxygen atoms in total. The van der Waals surface area contributed by atoms with Gasteiger partial charge in [0.1, 0.15) is 17.9 Å². The van der Waals surface area contributed by atoms with Crippen LogP contribution in [0.15, 0.2) is 79.1 Å². The van der Waals surface area contributed by atoms with E-state index in [1.807, 2.05) is 24.3 Å². The Morgan fingerprint density at radius 2 is 1.91 bits per heavy atom. The number of nitrogens with zero attached hydrogens (tertiary/aromatic N) is 1. The van der Waals surface area contributed by atoms with Crippen LogP contribution in [0.2, 0.25) is 0 Å². The van der Waals surface area contributed by atoms with Crippen LogP contribution in [0.25, 0.3) is 11.0 Å². The topological polar surface area (TPSA) is 63.8 Å². The maximum absolute atomic E-state index is 12.4. The number of furan rings is 1. The number of fused-ring (bicyclic) bond motifs is 1. The number of hydrazone groups is 1. The molecule has 4 rings (SSSR count). The number of rotatable bonds is 6. The van der Waals surface area contributed by atoms with E-state index in [0.717, 1.165) is 34.8 Å². The third-order valence-corrected chi connectivity index (χ3v) is 6.49. The normalized spacial score (nSPS) is 11.2. The second-order valence-corrected chi connectivity index (χ2v) is 10.0. The molecule has 0 unspecified atom stereocenters. The lowest BCUT2D eigenvalue weighted by Gasteiger charge is -2.11. The fraction of sp³-hybridized carbons (Fsp3) is 0.0833. The zero-order valence-corrected chi connectivity index (χ0v) is 22.2. The van der Waals surface area contributed by atoms with Crippen LogP contribution >= 0.6 is 54.5 Å². The molecule has 0 atom stereocenters. The molecule has 162 valence electrons. The number of carbonyl (C=O) groups is 1. The molecule has 1 heterocycles. The third kappa shape index (κ3) is 5.60. The number of halogens is 3. The highest BCUT2D eigenvalue weighted by Gasteiger charge is 2.12. The van der Waals surface area contributed by atoms with Gasteiger partial charge < -0.3 is 9.15 Å². The number of aryl methyl sites for hydroxylation is 1. The molecule has 8 heteroatoms. The van der Waals surface area contributed by atoms with Crippen LogP contribution in [0.3, 0.4) is 0 Å². The Balaban J connectivity index is 1.41. The van der Waals surface area contributed by atoms with E-state index in [1.165, 1.54) is 5.56 Å². The van der Waals surface area contributed by atoms with E-state index < -0.39 is 5.91 Å². The highest BCUT2D eigenvalue weighted by molar-refractivity contribution is 14.1. The van der Waals surface area contributed by atoms with Crippen molar-refractivity contribution in [2.75, 3.05) is 0 Å². The lowest BCUT2D eigenvalue weighted by molar-refractivity contribution is 0.0929. The van der Waals surface area contributed by atoms with E-state index in [0.29, 0.717) is 12.2 Å². The van der Waals surface area contributed by atoms with E-state index >= 15 is 0 Å². The highest BCUT2D eigenvalue weighted by atomic mass is 127. The number of ether oxygens (including phenoxy) is 1. The fourth-order valence-electron chi connectivity index (χ4n) is 2.98. The molecular weight excluding hydrogens is 651 g/mol. The molecule has 0 saturated carbocycles. The Labute approximate surface area is 215 Å². The minimum Gasteiger partial charge on any atom is -0.487 e. The van der Waals surface area contributed by atoms with Crippen LogP contribution in [-0.2, 0) is 6.61 Å². The Morgan fingerprint density at radius 3 is 2.66 bits per heavy atom. The molecule has 0 bridgehead atoms. The summed E-state index contributed by atoms with van der Waals surface area (Å²) < 4.78 is 14.2. The van der Waals surface area contributed by atoms with Crippen molar-refractivity contribution < 1.29 is 13.9 Å². The van der Waals surface area contributed by atoms with Gasteiger partial charge in [0, 0.05) is 9.86 Å². The van der Waals surface area contributed by atoms with Crippen LogP contribution in [0, 0.1) is 10.5 Å². The van der Waals surface area contributed by atoms with Gasteiger partial charge in [-0.2, -0.15) is 5.10 Å². The number of amides is 1. The van der Waals surface area contributed by atoms with Crippen LogP contribution in [-0.4, -0.2) is 12.1 Å². The van der Waals surface area contributed by atoms with Gasteiger partial charge in [-0.25, -0.2) is 5.43 Å². The van der Waals surface area contributed by atoms with E-state index in [9.17, 15) is 4.79 Å². The second-order valence-electron chi connectivity index (χ2n) is 7.08. The summed E-state index contributed by atoms with van der Waals surface area (Å²) in [5, 5.41) is 4.90. The van der Waals surface area contributed by atoms with Gasteiger partial charge in [-0.3, -0.25) is 4.79 Å². The van der Waals surface area contributed by atoms with Gasteiger partial charge in [0.15, 0.2) is 5.76 Å². The van der Waals surface area contributed by atoms with Gasteiger partial charge in [0.05, 0.1) is 14.3 Å². The molecule has 0 aliphatic rings. The summed E-state index contributed by atoms with van der Waals surface area (Å²) in [6.45, 7) is 2.54. The fourth-order valence-corrected chi connectivity index (χ4v) is 5.13. The van der Waals surface area contributed by atoms with E-state index in [-0.39, 0.29) is 5.76 Å². The van der Waals surface area contributed by atoms with Crippen LogP contribution in [0.1, 0.15) is 27.2 Å². The molecule has 0 aliphatic carbocycles. The van der Waals surface area contributed by atoms with Crippen molar-refractivity contribution in [3.05, 3.63) is 95.6 Å². The maximum atomic E-state index is 12.4. The van der Waals surface area contributed by atoms with Gasteiger partial charge in [-0.1, -0.05) is 45.8 Å². The predicted octanol–water partition coefficient (Wildman–Crippen LogP) is 7.21. The first-order valence-electron chi connectivity index (χ1n) is 9.59. The Morgan fingerprint density at radius 1 is 1.12 bits per heavy atom. The standard InChI is InChI=1S/C24H17Br2IN2O3/c1-14-2-4-15(5-3-14)13-31-23-19(26)8-16(9-20(23)27)12-28-29-24(30)22-11-17-10-18(25)6-7-21(17)32-22/h2-12H,13H2,1H3,(H,29,30)/b28-12+.